The highest BCUT2D eigenvalue weighted by atomic mass is 32.1. The number of para-hydroxylation sites is 1. The van der Waals surface area contributed by atoms with E-state index in [9.17, 15) is 4.79 Å². The number of nitrogens with one attached hydrogen (secondary N) is 2. The van der Waals surface area contributed by atoms with Crippen LogP contribution >= 0.6 is 11.3 Å². The number of likely N-dealkylation sites (N-methyl/N-ethyl adjacent to an activating group) is 1. The van der Waals surface area contributed by atoms with Gasteiger partial charge in [0.2, 0.25) is 0 Å². The predicted octanol–water partition coefficient (Wildman–Crippen LogP) is 3.61. The molecule has 1 aliphatic rings. The molecule has 0 aliphatic carbocycles. The van der Waals surface area contributed by atoms with Crippen LogP contribution in [0, 0.1) is 20.8 Å². The van der Waals surface area contributed by atoms with Gasteiger partial charge in [0.05, 0.1) is 6.20 Å². The molecule has 162 valence electrons. The summed E-state index contributed by atoms with van der Waals surface area (Å²) in [5.74, 6) is 2.12. The Morgan fingerprint density at radius 1 is 1.06 bits per heavy atom. The largest absolute Gasteiger partial charge is 0.354 e. The van der Waals surface area contributed by atoms with Gasteiger partial charge in [-0.25, -0.2) is 15.0 Å². The Morgan fingerprint density at radius 3 is 2.48 bits per heavy atom. The van der Waals surface area contributed by atoms with Crippen LogP contribution in [0.3, 0.4) is 0 Å². The zero-order chi connectivity index (χ0) is 22.0. The number of hydrogen-bond donors (Lipinski definition) is 2. The third-order valence-electron chi connectivity index (χ3n) is 5.34. The van der Waals surface area contributed by atoms with Crippen molar-refractivity contribution in [1.29, 1.82) is 0 Å². The minimum atomic E-state index is -0.167. The second-order valence-corrected chi connectivity index (χ2v) is 8.86. The maximum atomic E-state index is 12.7. The molecule has 31 heavy (non-hydrogen) atoms. The molecule has 0 saturated carbocycles. The Kier molecular flexibility index (Phi) is 6.15. The van der Waals surface area contributed by atoms with Crippen molar-refractivity contribution in [2.24, 2.45) is 0 Å². The Balaban J connectivity index is 1.47. The Bertz CT molecular complexity index is 1070. The summed E-state index contributed by atoms with van der Waals surface area (Å²) in [6.07, 6.45) is 1.59. The molecule has 2 N–H and O–H groups in total. The third-order valence-corrected chi connectivity index (χ3v) is 6.25. The first kappa shape index (κ1) is 21.2. The fourth-order valence-electron chi connectivity index (χ4n) is 3.55. The second kappa shape index (κ2) is 8.99. The maximum Gasteiger partial charge on any atom is 0.267 e. The summed E-state index contributed by atoms with van der Waals surface area (Å²) in [6.45, 7) is 9.75. The van der Waals surface area contributed by atoms with Gasteiger partial charge in [-0.3, -0.25) is 4.79 Å². The zero-order valence-electron chi connectivity index (χ0n) is 18.3. The quantitative estimate of drug-likeness (QED) is 0.631. The lowest BCUT2D eigenvalue weighted by molar-refractivity contribution is 0.103. The van der Waals surface area contributed by atoms with Gasteiger partial charge in [0.15, 0.2) is 5.13 Å². The van der Waals surface area contributed by atoms with Crippen LogP contribution < -0.4 is 15.5 Å². The van der Waals surface area contributed by atoms with Crippen molar-refractivity contribution >= 4 is 39.7 Å². The van der Waals surface area contributed by atoms with Crippen molar-refractivity contribution in [3.05, 3.63) is 52.3 Å². The number of hydrogen-bond acceptors (Lipinski definition) is 8. The van der Waals surface area contributed by atoms with Crippen LogP contribution in [-0.2, 0) is 0 Å². The average molecular weight is 438 g/mol. The predicted molar refractivity (Wildman–Crippen MR) is 126 cm³/mol. The van der Waals surface area contributed by atoms with E-state index in [2.05, 4.69) is 42.4 Å². The molecule has 1 aliphatic heterocycles. The van der Waals surface area contributed by atoms with E-state index >= 15 is 0 Å². The Hall–Kier alpha value is -3.04. The van der Waals surface area contributed by atoms with Gasteiger partial charge in [-0.1, -0.05) is 29.5 Å². The van der Waals surface area contributed by atoms with Crippen LogP contribution in [0.25, 0.3) is 0 Å². The summed E-state index contributed by atoms with van der Waals surface area (Å²) >= 11 is 1.30. The van der Waals surface area contributed by atoms with Gasteiger partial charge in [-0.05, 0) is 38.9 Å². The first-order valence-electron chi connectivity index (χ1n) is 10.3. The molecule has 0 radical (unpaired) electrons. The molecular weight excluding hydrogens is 410 g/mol. The van der Waals surface area contributed by atoms with Gasteiger partial charge in [0, 0.05) is 37.9 Å². The van der Waals surface area contributed by atoms with Crippen molar-refractivity contribution in [3.8, 4) is 0 Å². The fraction of sp³-hybridized carbons (Fsp3) is 0.364. The third kappa shape index (κ3) is 5.00. The minimum absolute atomic E-state index is 0.167. The number of benzene rings is 1. The topological polar surface area (TPSA) is 86.3 Å². The Labute approximate surface area is 186 Å². The SMILES string of the molecule is Cc1nc(Nc2ncc(C(=O)Nc3c(C)cccc3C)s2)cc(N2CCN(C)CC2)n1. The number of anilines is 4. The normalized spacial score (nSPS) is 14.5. The number of thiazole rings is 1. The summed E-state index contributed by atoms with van der Waals surface area (Å²) < 4.78 is 0. The molecule has 1 amide bonds. The van der Waals surface area contributed by atoms with Crippen LogP contribution in [0.5, 0.6) is 0 Å². The van der Waals surface area contributed by atoms with Crippen LogP contribution in [0.2, 0.25) is 0 Å². The van der Waals surface area contributed by atoms with E-state index in [1.165, 1.54) is 11.3 Å². The summed E-state index contributed by atoms with van der Waals surface area (Å²) in [4.78, 5) is 31.3. The van der Waals surface area contributed by atoms with Crippen LogP contribution in [0.1, 0.15) is 26.6 Å². The van der Waals surface area contributed by atoms with Crippen molar-refractivity contribution in [3.63, 3.8) is 0 Å². The highest BCUT2D eigenvalue weighted by Crippen LogP contribution is 2.26. The summed E-state index contributed by atoms with van der Waals surface area (Å²) in [5, 5.41) is 6.86. The smallest absolute Gasteiger partial charge is 0.267 e. The molecule has 3 aromatic rings. The molecule has 4 rings (SSSR count). The van der Waals surface area contributed by atoms with E-state index in [4.69, 9.17) is 0 Å². The molecule has 0 atom stereocenters. The molecule has 2 aromatic heterocycles. The van der Waals surface area contributed by atoms with Gasteiger partial charge >= 0.3 is 0 Å². The highest BCUT2D eigenvalue weighted by molar-refractivity contribution is 7.17. The molecule has 0 unspecified atom stereocenters. The van der Waals surface area contributed by atoms with Gasteiger partial charge in [-0.2, -0.15) is 0 Å². The number of amides is 1. The van der Waals surface area contributed by atoms with Gasteiger partial charge < -0.3 is 20.4 Å². The van der Waals surface area contributed by atoms with Gasteiger partial charge in [-0.15, -0.1) is 0 Å². The van der Waals surface area contributed by atoms with E-state index in [0.29, 0.717) is 21.7 Å². The number of aromatic nitrogens is 3. The summed E-state index contributed by atoms with van der Waals surface area (Å²) in [7, 11) is 2.13. The molecule has 8 nitrogen and oxygen atoms in total. The van der Waals surface area contributed by atoms with Crippen molar-refractivity contribution < 1.29 is 4.79 Å². The lowest BCUT2D eigenvalue weighted by Gasteiger charge is -2.33. The summed E-state index contributed by atoms with van der Waals surface area (Å²) in [5.41, 5.74) is 2.91. The minimum Gasteiger partial charge on any atom is -0.354 e. The second-order valence-electron chi connectivity index (χ2n) is 7.82. The van der Waals surface area contributed by atoms with Crippen LogP contribution in [0.4, 0.5) is 22.5 Å². The maximum absolute atomic E-state index is 12.7. The molecule has 1 fully saturated rings. The number of aryl methyl sites for hydroxylation is 3. The molecular formula is C22H27N7OS. The van der Waals surface area contributed by atoms with Crippen molar-refractivity contribution in [2.75, 3.05) is 48.8 Å². The number of nitrogens with zero attached hydrogens (tertiary/aromatic N) is 5. The zero-order valence-corrected chi connectivity index (χ0v) is 19.1. The van der Waals surface area contributed by atoms with Gasteiger partial charge in [0.25, 0.3) is 5.91 Å². The first-order valence-corrected chi connectivity index (χ1v) is 11.1. The van der Waals surface area contributed by atoms with Crippen LogP contribution in [0.15, 0.2) is 30.5 Å². The standard InChI is InChI=1S/C22H27N7OS/c1-14-6-5-7-15(2)20(14)27-21(30)17-13-23-22(31-17)26-18-12-19(25-16(3)24-18)29-10-8-28(4)9-11-29/h5-7,12-13H,8-11H2,1-4H3,(H,27,30)(H,23,24,25,26). The molecule has 3 heterocycles. The first-order chi connectivity index (χ1) is 14.9. The average Bonchev–Trinajstić information content (AvgIpc) is 3.19. The van der Waals surface area contributed by atoms with Gasteiger partial charge in [0.1, 0.15) is 22.3 Å². The van der Waals surface area contributed by atoms with Crippen molar-refractivity contribution in [1.82, 2.24) is 19.9 Å². The highest BCUT2D eigenvalue weighted by Gasteiger charge is 2.18. The number of piperazine rings is 1. The molecule has 9 heteroatoms. The van der Waals surface area contributed by atoms with E-state index in [0.717, 1.165) is 48.8 Å². The monoisotopic (exact) mass is 437 g/mol. The number of carbonyl (C=O) groups excluding carboxylic acids is 1. The summed E-state index contributed by atoms with van der Waals surface area (Å²) in [6, 6.07) is 7.89. The van der Waals surface area contributed by atoms with Crippen LogP contribution in [-0.4, -0.2) is 59.0 Å². The lowest BCUT2D eigenvalue weighted by atomic mass is 10.1. The Morgan fingerprint density at radius 2 is 1.77 bits per heavy atom. The molecule has 0 spiro atoms. The molecule has 1 aromatic carbocycles. The number of rotatable bonds is 5. The van der Waals surface area contributed by atoms with E-state index in [-0.39, 0.29) is 5.91 Å². The van der Waals surface area contributed by atoms with E-state index < -0.39 is 0 Å². The lowest BCUT2D eigenvalue weighted by Crippen LogP contribution is -2.44. The van der Waals surface area contributed by atoms with Crippen molar-refractivity contribution in [2.45, 2.75) is 20.8 Å². The fourth-order valence-corrected chi connectivity index (χ4v) is 4.27. The molecule has 0 bridgehead atoms. The number of carbonyl (C=O) groups is 1. The van der Waals surface area contributed by atoms with E-state index in [1.54, 1.807) is 6.20 Å². The van der Waals surface area contributed by atoms with E-state index in [1.807, 2.05) is 45.0 Å². The molecule has 1 saturated heterocycles.